The van der Waals surface area contributed by atoms with E-state index < -0.39 is 12.1 Å². The molecule has 10 nitrogen and oxygen atoms in total. The highest BCUT2D eigenvalue weighted by atomic mass is 35.5. The predicted molar refractivity (Wildman–Crippen MR) is 129 cm³/mol. The summed E-state index contributed by atoms with van der Waals surface area (Å²) < 4.78 is 8.70. The van der Waals surface area contributed by atoms with Gasteiger partial charge in [-0.25, -0.2) is 14.5 Å². The van der Waals surface area contributed by atoms with Crippen molar-refractivity contribution in [1.29, 1.82) is 0 Å². The fourth-order valence-electron chi connectivity index (χ4n) is 3.92. The van der Waals surface area contributed by atoms with Crippen molar-refractivity contribution < 1.29 is 14.3 Å². The number of pyridine rings is 1. The van der Waals surface area contributed by atoms with Crippen LogP contribution in [0.5, 0.6) is 0 Å². The molecule has 0 spiro atoms. The summed E-state index contributed by atoms with van der Waals surface area (Å²) in [6.45, 7) is 2.12. The normalized spacial score (nSPS) is 17.6. The number of urea groups is 1. The van der Waals surface area contributed by atoms with Crippen molar-refractivity contribution in [2.75, 3.05) is 24.3 Å². The molecular formula is C23H25ClN6O4. The summed E-state index contributed by atoms with van der Waals surface area (Å²) in [5, 5.41) is 6.00. The molecule has 2 atom stereocenters. The van der Waals surface area contributed by atoms with Crippen molar-refractivity contribution in [3.63, 3.8) is 0 Å². The van der Waals surface area contributed by atoms with Crippen molar-refractivity contribution in [3.8, 4) is 5.69 Å². The Morgan fingerprint density at radius 2 is 1.88 bits per heavy atom. The Kier molecular flexibility index (Phi) is 6.71. The van der Waals surface area contributed by atoms with E-state index in [1.807, 2.05) is 6.92 Å². The molecule has 3 heterocycles. The summed E-state index contributed by atoms with van der Waals surface area (Å²) in [5.74, 6) is -0.00504. The average Bonchev–Trinajstić information content (AvgIpc) is 3.37. The number of hydrogen-bond donors (Lipinski definition) is 2. The van der Waals surface area contributed by atoms with E-state index in [-0.39, 0.29) is 24.1 Å². The molecule has 0 aliphatic carbocycles. The Morgan fingerprint density at radius 3 is 2.47 bits per heavy atom. The Morgan fingerprint density at radius 1 is 1.15 bits per heavy atom. The first-order valence-electron chi connectivity index (χ1n) is 10.7. The maximum Gasteiger partial charge on any atom is 0.323 e. The number of nitrogens with one attached hydrogen (secondary N) is 2. The maximum atomic E-state index is 13.1. The molecular weight excluding hydrogens is 460 g/mol. The van der Waals surface area contributed by atoms with Crippen LogP contribution in [0.4, 0.5) is 16.3 Å². The number of likely N-dealkylation sites (tertiary alicyclic amines) is 1. The molecule has 0 radical (unpaired) electrons. The lowest BCUT2D eigenvalue weighted by Crippen LogP contribution is -2.45. The first-order chi connectivity index (χ1) is 16.3. The summed E-state index contributed by atoms with van der Waals surface area (Å²) in [5.41, 5.74) is 1.93. The zero-order valence-electron chi connectivity index (χ0n) is 19.0. The molecule has 0 saturated carbocycles. The first-order valence-corrected chi connectivity index (χ1v) is 11.0. The Balaban J connectivity index is 1.47. The second-order valence-electron chi connectivity index (χ2n) is 8.05. The summed E-state index contributed by atoms with van der Waals surface area (Å²) in [4.78, 5) is 43.6. The lowest BCUT2D eigenvalue weighted by Gasteiger charge is -2.23. The number of aromatic nitrogens is 3. The molecule has 1 saturated heterocycles. The molecule has 0 bridgehead atoms. The van der Waals surface area contributed by atoms with E-state index in [1.54, 1.807) is 61.3 Å². The van der Waals surface area contributed by atoms with Crippen LogP contribution in [-0.4, -0.2) is 57.0 Å². The number of benzene rings is 1. The van der Waals surface area contributed by atoms with Crippen LogP contribution in [-0.2, 0) is 16.6 Å². The van der Waals surface area contributed by atoms with Crippen molar-refractivity contribution in [2.24, 2.45) is 7.05 Å². The van der Waals surface area contributed by atoms with E-state index in [2.05, 4.69) is 15.6 Å². The van der Waals surface area contributed by atoms with Gasteiger partial charge in [0.15, 0.2) is 0 Å². The number of hydrogen-bond acceptors (Lipinski definition) is 5. The quantitative estimate of drug-likeness (QED) is 0.578. The fraction of sp³-hybridized carbons (Fsp3) is 0.304. The summed E-state index contributed by atoms with van der Waals surface area (Å²) in [6, 6.07) is 10.5. The number of methoxy groups -OCH3 is 1. The summed E-state index contributed by atoms with van der Waals surface area (Å²) >= 11 is 5.84. The SMILES string of the molecule is COC1CC(C(=O)Nc2ccc(-n3c(=O)cc(C)n3C)cc2)N(C(=O)Nc2ccc(Cl)cn2)C1. The second kappa shape index (κ2) is 9.70. The van der Waals surface area contributed by atoms with Gasteiger partial charge in [0.25, 0.3) is 5.56 Å². The highest BCUT2D eigenvalue weighted by molar-refractivity contribution is 6.30. The number of carbonyl (C=O) groups excluding carboxylic acids is 2. The lowest BCUT2D eigenvalue weighted by atomic mass is 10.1. The monoisotopic (exact) mass is 484 g/mol. The standard InChI is InChI=1S/C23H25ClN6O4/c1-14-10-21(31)30(28(14)2)17-7-5-16(6-8-17)26-22(32)19-11-18(34-3)13-29(19)23(33)27-20-9-4-15(24)12-25-20/h4-10,12,18-19H,11,13H2,1-3H3,(H,26,32)(H,25,27,33). The minimum atomic E-state index is -0.727. The van der Waals surface area contributed by atoms with Gasteiger partial charge >= 0.3 is 6.03 Å². The third-order valence-corrected chi connectivity index (χ3v) is 6.08. The molecule has 1 aliphatic heterocycles. The van der Waals surface area contributed by atoms with Gasteiger partial charge in [-0.1, -0.05) is 11.6 Å². The zero-order valence-corrected chi connectivity index (χ0v) is 19.7. The van der Waals surface area contributed by atoms with Crippen LogP contribution < -0.4 is 16.2 Å². The van der Waals surface area contributed by atoms with Crippen LogP contribution in [0.15, 0.2) is 53.5 Å². The Hall–Kier alpha value is -3.63. The number of aryl methyl sites for hydroxylation is 1. The van der Waals surface area contributed by atoms with Crippen LogP contribution in [0.3, 0.4) is 0 Å². The predicted octanol–water partition coefficient (Wildman–Crippen LogP) is 2.79. The van der Waals surface area contributed by atoms with Crippen molar-refractivity contribution >= 4 is 35.0 Å². The Labute approximate surface area is 201 Å². The second-order valence-corrected chi connectivity index (χ2v) is 8.49. The van der Waals surface area contributed by atoms with E-state index >= 15 is 0 Å². The molecule has 3 amide bonds. The average molecular weight is 485 g/mol. The lowest BCUT2D eigenvalue weighted by molar-refractivity contribution is -0.119. The van der Waals surface area contributed by atoms with Crippen LogP contribution in [0.25, 0.3) is 5.69 Å². The van der Waals surface area contributed by atoms with E-state index in [0.717, 1.165) is 5.69 Å². The first kappa shape index (κ1) is 23.5. The number of amides is 3. The number of carbonyl (C=O) groups is 2. The van der Waals surface area contributed by atoms with Gasteiger partial charge in [-0.05, 0) is 43.3 Å². The van der Waals surface area contributed by atoms with Gasteiger partial charge in [0.1, 0.15) is 11.9 Å². The highest BCUT2D eigenvalue weighted by Gasteiger charge is 2.40. The molecule has 1 fully saturated rings. The fourth-order valence-corrected chi connectivity index (χ4v) is 4.03. The molecule has 2 unspecified atom stereocenters. The van der Waals surface area contributed by atoms with Crippen LogP contribution in [0.2, 0.25) is 5.02 Å². The van der Waals surface area contributed by atoms with Gasteiger partial charge in [0, 0.05) is 50.8 Å². The van der Waals surface area contributed by atoms with Gasteiger partial charge in [-0.3, -0.25) is 19.6 Å². The summed E-state index contributed by atoms with van der Waals surface area (Å²) in [6.07, 6.45) is 1.52. The van der Waals surface area contributed by atoms with Crippen molar-refractivity contribution in [1.82, 2.24) is 19.2 Å². The topological polar surface area (TPSA) is 110 Å². The molecule has 2 N–H and O–H groups in total. The molecule has 1 aromatic carbocycles. The zero-order chi connectivity index (χ0) is 24.4. The number of anilines is 2. The smallest absolute Gasteiger partial charge is 0.323 e. The van der Waals surface area contributed by atoms with Crippen LogP contribution in [0.1, 0.15) is 12.1 Å². The third kappa shape index (κ3) is 4.82. The number of halogens is 1. The molecule has 1 aliphatic rings. The van der Waals surface area contributed by atoms with E-state index in [9.17, 15) is 14.4 Å². The number of rotatable bonds is 5. The van der Waals surface area contributed by atoms with Gasteiger partial charge in [0.2, 0.25) is 5.91 Å². The molecule has 2 aromatic heterocycles. The molecule has 4 rings (SSSR count). The van der Waals surface area contributed by atoms with E-state index in [0.29, 0.717) is 28.6 Å². The molecule has 3 aromatic rings. The van der Waals surface area contributed by atoms with E-state index in [1.165, 1.54) is 15.8 Å². The minimum Gasteiger partial charge on any atom is -0.380 e. The third-order valence-electron chi connectivity index (χ3n) is 5.85. The molecule has 11 heteroatoms. The van der Waals surface area contributed by atoms with Gasteiger partial charge in [0.05, 0.1) is 16.8 Å². The molecule has 34 heavy (non-hydrogen) atoms. The van der Waals surface area contributed by atoms with Gasteiger partial charge < -0.3 is 15.0 Å². The largest absolute Gasteiger partial charge is 0.380 e. The van der Waals surface area contributed by atoms with Crippen LogP contribution in [0, 0.1) is 6.92 Å². The van der Waals surface area contributed by atoms with Crippen molar-refractivity contribution in [2.45, 2.75) is 25.5 Å². The van der Waals surface area contributed by atoms with E-state index in [4.69, 9.17) is 16.3 Å². The molecule has 178 valence electrons. The van der Waals surface area contributed by atoms with Gasteiger partial charge in [-0.15, -0.1) is 0 Å². The highest BCUT2D eigenvalue weighted by Crippen LogP contribution is 2.23. The van der Waals surface area contributed by atoms with Crippen molar-refractivity contribution in [3.05, 3.63) is 69.7 Å². The number of ether oxygens (including phenoxy) is 1. The maximum absolute atomic E-state index is 13.1. The Bertz CT molecular complexity index is 1250. The van der Waals surface area contributed by atoms with Crippen LogP contribution >= 0.6 is 11.6 Å². The summed E-state index contributed by atoms with van der Waals surface area (Å²) in [7, 11) is 3.35. The van der Waals surface area contributed by atoms with Gasteiger partial charge in [-0.2, -0.15) is 0 Å². The number of nitrogens with zero attached hydrogens (tertiary/aromatic N) is 4. The minimum absolute atomic E-state index is 0.134.